The average Bonchev–Trinajstić information content (AvgIpc) is 2.64. The van der Waals surface area contributed by atoms with Gasteiger partial charge in [-0.3, -0.25) is 4.79 Å². The molecule has 0 saturated carbocycles. The van der Waals surface area contributed by atoms with Crippen LogP contribution in [0.2, 0.25) is 0 Å². The number of carbonyl (C=O) groups excluding carboxylic acids is 2. The standard InChI is InChI=1S/C18H22N2O7S2/c1-8-14(26-3)4-13(21)10-6-29-7-12(17(23)24)20-16(22)11(19-9(2)28)5-27-18(25)15(8)10/h4,11-12,21H,5-7H2,1-3H3,(H,19,28)(H,20,22)(H,23,24)/t11-,12-/m0/s1. The van der Waals surface area contributed by atoms with Crippen molar-refractivity contribution in [2.75, 3.05) is 19.5 Å². The zero-order valence-electron chi connectivity index (χ0n) is 16.1. The molecule has 1 aliphatic heterocycles. The lowest BCUT2D eigenvalue weighted by molar-refractivity contribution is -0.141. The number of benzene rings is 1. The van der Waals surface area contributed by atoms with Gasteiger partial charge in [-0.2, -0.15) is 11.8 Å². The minimum absolute atomic E-state index is 0.0311. The molecule has 1 aromatic carbocycles. The number of phenols is 1. The maximum absolute atomic E-state index is 12.8. The first kappa shape index (κ1) is 22.8. The number of rotatable bonds is 3. The number of thioether (sulfide) groups is 1. The summed E-state index contributed by atoms with van der Waals surface area (Å²) < 4.78 is 10.5. The third-order valence-corrected chi connectivity index (χ3v) is 5.45. The first-order chi connectivity index (χ1) is 13.6. The normalized spacial score (nSPS) is 20.2. The number of amides is 1. The lowest BCUT2D eigenvalue weighted by atomic mass is 10.0. The molecular weight excluding hydrogens is 420 g/mol. The number of aliphatic carboxylic acids is 1. The van der Waals surface area contributed by atoms with Crippen LogP contribution in [0.25, 0.3) is 0 Å². The molecule has 1 aliphatic rings. The van der Waals surface area contributed by atoms with Crippen LogP contribution < -0.4 is 15.4 Å². The summed E-state index contributed by atoms with van der Waals surface area (Å²) >= 11 is 6.11. The Morgan fingerprint density at radius 3 is 2.72 bits per heavy atom. The summed E-state index contributed by atoms with van der Waals surface area (Å²) in [6.07, 6.45) is 0. The Balaban J connectivity index is 2.48. The van der Waals surface area contributed by atoms with E-state index in [9.17, 15) is 24.6 Å². The second-order valence-electron chi connectivity index (χ2n) is 6.34. The van der Waals surface area contributed by atoms with Gasteiger partial charge in [0, 0.05) is 28.7 Å². The van der Waals surface area contributed by atoms with Crippen molar-refractivity contribution in [1.29, 1.82) is 0 Å². The van der Waals surface area contributed by atoms with Crippen molar-refractivity contribution in [2.45, 2.75) is 31.7 Å². The molecule has 11 heteroatoms. The molecule has 2 atom stereocenters. The van der Waals surface area contributed by atoms with Gasteiger partial charge in [-0.15, -0.1) is 0 Å². The van der Waals surface area contributed by atoms with Crippen LogP contribution >= 0.6 is 24.0 Å². The SMILES string of the molecule is COc1cc(O)c2c(c1C)C(=O)OC[C@H](NC(C)=S)C(=O)N[C@H](C(=O)O)CSC2. The number of hydrogen-bond acceptors (Lipinski definition) is 8. The van der Waals surface area contributed by atoms with E-state index in [1.54, 1.807) is 13.8 Å². The zero-order chi connectivity index (χ0) is 21.7. The van der Waals surface area contributed by atoms with Gasteiger partial charge in [0.05, 0.1) is 17.7 Å². The molecule has 4 N–H and O–H groups in total. The highest BCUT2D eigenvalue weighted by molar-refractivity contribution is 7.98. The zero-order valence-corrected chi connectivity index (χ0v) is 17.7. The van der Waals surface area contributed by atoms with Crippen molar-refractivity contribution in [3.05, 3.63) is 22.8 Å². The van der Waals surface area contributed by atoms with E-state index in [4.69, 9.17) is 21.7 Å². The number of methoxy groups -OCH3 is 1. The van der Waals surface area contributed by atoms with E-state index >= 15 is 0 Å². The first-order valence-corrected chi connectivity index (χ1v) is 10.2. The lowest BCUT2D eigenvalue weighted by Gasteiger charge is -2.24. The number of carbonyl (C=O) groups is 3. The summed E-state index contributed by atoms with van der Waals surface area (Å²) in [6.45, 7) is 2.82. The van der Waals surface area contributed by atoms with Crippen molar-refractivity contribution in [2.24, 2.45) is 0 Å². The topological polar surface area (TPSA) is 134 Å². The van der Waals surface area contributed by atoms with Crippen LogP contribution in [0.3, 0.4) is 0 Å². The van der Waals surface area contributed by atoms with E-state index in [-0.39, 0.29) is 34.4 Å². The molecule has 1 heterocycles. The van der Waals surface area contributed by atoms with E-state index in [1.165, 1.54) is 13.2 Å². The highest BCUT2D eigenvalue weighted by Crippen LogP contribution is 2.35. The van der Waals surface area contributed by atoms with Gasteiger partial charge in [-0.05, 0) is 13.8 Å². The molecule has 0 fully saturated rings. The molecule has 0 spiro atoms. The molecule has 0 saturated heterocycles. The minimum Gasteiger partial charge on any atom is -0.507 e. The number of hydrogen-bond donors (Lipinski definition) is 4. The van der Waals surface area contributed by atoms with Gasteiger partial charge in [0.25, 0.3) is 0 Å². The fraction of sp³-hybridized carbons (Fsp3) is 0.444. The molecule has 0 radical (unpaired) electrons. The molecule has 0 aromatic heterocycles. The molecule has 0 unspecified atom stereocenters. The fourth-order valence-electron chi connectivity index (χ4n) is 2.82. The molecule has 9 nitrogen and oxygen atoms in total. The molecule has 1 amide bonds. The van der Waals surface area contributed by atoms with Crippen LogP contribution in [-0.2, 0) is 20.1 Å². The number of phenolic OH excluding ortho intramolecular Hbond substituents is 1. The number of fused-ring (bicyclic) bond motifs is 1. The molecule has 0 aliphatic carbocycles. The minimum atomic E-state index is -1.20. The highest BCUT2D eigenvalue weighted by Gasteiger charge is 2.30. The van der Waals surface area contributed by atoms with Gasteiger partial charge in [0.2, 0.25) is 5.91 Å². The van der Waals surface area contributed by atoms with Gasteiger partial charge in [-0.25, -0.2) is 9.59 Å². The summed E-state index contributed by atoms with van der Waals surface area (Å²) in [5.41, 5.74) is 0.905. The molecule has 1 aromatic rings. The van der Waals surface area contributed by atoms with Crippen LogP contribution in [-0.4, -0.2) is 64.6 Å². The second kappa shape index (κ2) is 9.79. The quantitative estimate of drug-likeness (QED) is 0.396. The lowest BCUT2D eigenvalue weighted by Crippen LogP contribution is -2.53. The van der Waals surface area contributed by atoms with Crippen LogP contribution in [0.15, 0.2) is 6.07 Å². The fourth-order valence-corrected chi connectivity index (χ4v) is 4.03. The van der Waals surface area contributed by atoms with Gasteiger partial charge in [-0.1, -0.05) is 12.2 Å². The monoisotopic (exact) mass is 442 g/mol. The number of esters is 1. The van der Waals surface area contributed by atoms with E-state index < -0.39 is 29.9 Å². The Labute approximate surface area is 177 Å². The van der Waals surface area contributed by atoms with E-state index in [0.29, 0.717) is 16.9 Å². The van der Waals surface area contributed by atoms with E-state index in [0.717, 1.165) is 11.8 Å². The third kappa shape index (κ3) is 5.51. The third-order valence-electron chi connectivity index (χ3n) is 4.27. The Hall–Kier alpha value is -2.53. The Kier molecular flexibility index (Phi) is 7.68. The summed E-state index contributed by atoms with van der Waals surface area (Å²) in [5.74, 6) is -2.27. The molecule has 29 heavy (non-hydrogen) atoms. The first-order valence-electron chi connectivity index (χ1n) is 8.60. The van der Waals surface area contributed by atoms with Gasteiger partial charge in [0.15, 0.2) is 0 Å². The number of aromatic hydroxyl groups is 1. The number of carboxylic acids is 1. The smallest absolute Gasteiger partial charge is 0.339 e. The van der Waals surface area contributed by atoms with Crippen molar-refractivity contribution < 1.29 is 34.1 Å². The summed E-state index contributed by atoms with van der Waals surface area (Å²) in [7, 11) is 1.41. The largest absolute Gasteiger partial charge is 0.507 e. The molecule has 2 rings (SSSR count). The van der Waals surface area contributed by atoms with Gasteiger partial charge >= 0.3 is 11.9 Å². The number of carboxylic acid groups (broad SMARTS) is 1. The summed E-state index contributed by atoms with van der Waals surface area (Å²) in [5, 5.41) is 24.9. The maximum atomic E-state index is 12.8. The predicted octanol–water partition coefficient (Wildman–Crippen LogP) is 0.988. The molecular formula is C18H22N2O7S2. The summed E-state index contributed by atoms with van der Waals surface area (Å²) in [4.78, 5) is 37.1. The highest BCUT2D eigenvalue weighted by atomic mass is 32.2. The Morgan fingerprint density at radius 1 is 1.45 bits per heavy atom. The van der Waals surface area contributed by atoms with E-state index in [2.05, 4.69) is 10.6 Å². The van der Waals surface area contributed by atoms with Gasteiger partial charge < -0.3 is 30.3 Å². The van der Waals surface area contributed by atoms with Crippen LogP contribution in [0.4, 0.5) is 0 Å². The Bertz CT molecular complexity index is 844. The van der Waals surface area contributed by atoms with Crippen LogP contribution in [0.5, 0.6) is 11.5 Å². The van der Waals surface area contributed by atoms with E-state index in [1.807, 2.05) is 0 Å². The molecule has 0 bridgehead atoms. The Morgan fingerprint density at radius 2 is 2.14 bits per heavy atom. The molecule has 158 valence electrons. The van der Waals surface area contributed by atoms with Gasteiger partial charge in [0.1, 0.15) is 30.2 Å². The van der Waals surface area contributed by atoms with Crippen molar-refractivity contribution in [3.63, 3.8) is 0 Å². The number of ether oxygens (including phenoxy) is 2. The number of nitrogens with one attached hydrogen (secondary N) is 2. The summed E-state index contributed by atoms with van der Waals surface area (Å²) in [6, 6.07) is -0.836. The second-order valence-corrected chi connectivity index (χ2v) is 7.99. The van der Waals surface area contributed by atoms with Crippen molar-refractivity contribution >= 4 is 46.8 Å². The maximum Gasteiger partial charge on any atom is 0.339 e. The van der Waals surface area contributed by atoms with Crippen LogP contribution in [0, 0.1) is 6.92 Å². The predicted molar refractivity (Wildman–Crippen MR) is 111 cm³/mol. The number of cyclic esters (lactones) is 1. The average molecular weight is 443 g/mol. The van der Waals surface area contributed by atoms with Crippen molar-refractivity contribution in [1.82, 2.24) is 10.6 Å². The number of thiocarbonyl (C=S) groups is 1. The van der Waals surface area contributed by atoms with Crippen molar-refractivity contribution in [3.8, 4) is 11.5 Å². The van der Waals surface area contributed by atoms with Crippen LogP contribution in [0.1, 0.15) is 28.4 Å².